The first-order valence-electron chi connectivity index (χ1n) is 8.08. The molecule has 24 heavy (non-hydrogen) atoms. The van der Waals surface area contributed by atoms with Gasteiger partial charge in [0.25, 0.3) is 0 Å². The molecule has 2 unspecified atom stereocenters. The standard InChI is InChI=1S/C17H27N3O2S.HI/c1-13(22-16-9-5-4-8-15(16)21-3)11-19-17(18-2)20-12-14-7-6-10-23-14;/h4-5,8-9,13-14H,6-7,10-12H2,1-3H3,(H2,18,19,20);1H. The van der Waals surface area contributed by atoms with E-state index in [-0.39, 0.29) is 30.1 Å². The lowest BCUT2D eigenvalue weighted by Crippen LogP contribution is -2.43. The quantitative estimate of drug-likeness (QED) is 0.368. The number of benzene rings is 1. The van der Waals surface area contributed by atoms with E-state index in [1.807, 2.05) is 43.0 Å². The maximum Gasteiger partial charge on any atom is 0.191 e. The fourth-order valence-corrected chi connectivity index (χ4v) is 3.65. The Hall–Kier alpha value is -0.830. The molecular weight excluding hydrogens is 437 g/mol. The van der Waals surface area contributed by atoms with E-state index in [4.69, 9.17) is 9.47 Å². The van der Waals surface area contributed by atoms with Crippen LogP contribution in [0.25, 0.3) is 0 Å². The minimum atomic E-state index is 0. The molecule has 0 aliphatic carbocycles. The summed E-state index contributed by atoms with van der Waals surface area (Å²) in [6.45, 7) is 3.67. The first-order valence-corrected chi connectivity index (χ1v) is 9.13. The smallest absolute Gasteiger partial charge is 0.191 e. The van der Waals surface area contributed by atoms with Crippen LogP contribution in [0.5, 0.6) is 11.5 Å². The number of nitrogens with one attached hydrogen (secondary N) is 2. The zero-order valence-corrected chi connectivity index (χ0v) is 17.7. The summed E-state index contributed by atoms with van der Waals surface area (Å²) in [7, 11) is 3.45. The van der Waals surface area contributed by atoms with Gasteiger partial charge in [-0.15, -0.1) is 24.0 Å². The third-order valence-corrected chi connectivity index (χ3v) is 5.10. The van der Waals surface area contributed by atoms with Crippen molar-refractivity contribution >= 4 is 41.7 Å². The van der Waals surface area contributed by atoms with Crippen molar-refractivity contribution in [2.24, 2.45) is 4.99 Å². The summed E-state index contributed by atoms with van der Waals surface area (Å²) in [6.07, 6.45) is 2.63. The Morgan fingerprint density at radius 3 is 2.71 bits per heavy atom. The number of ether oxygens (including phenoxy) is 2. The van der Waals surface area contributed by atoms with Crippen LogP contribution in [-0.4, -0.2) is 50.3 Å². The summed E-state index contributed by atoms with van der Waals surface area (Å²) in [4.78, 5) is 4.27. The summed E-state index contributed by atoms with van der Waals surface area (Å²) in [5.74, 6) is 3.62. The molecule has 1 fully saturated rings. The van der Waals surface area contributed by atoms with Gasteiger partial charge in [-0.3, -0.25) is 4.99 Å². The van der Waals surface area contributed by atoms with Crippen molar-refractivity contribution in [3.63, 3.8) is 0 Å². The lowest BCUT2D eigenvalue weighted by atomic mass is 10.2. The number of para-hydroxylation sites is 2. The van der Waals surface area contributed by atoms with Gasteiger partial charge >= 0.3 is 0 Å². The van der Waals surface area contributed by atoms with Crippen molar-refractivity contribution in [3.05, 3.63) is 24.3 Å². The average Bonchev–Trinajstić information content (AvgIpc) is 3.09. The van der Waals surface area contributed by atoms with Crippen LogP contribution in [0.2, 0.25) is 0 Å². The van der Waals surface area contributed by atoms with E-state index in [9.17, 15) is 0 Å². The molecule has 1 aromatic rings. The van der Waals surface area contributed by atoms with Gasteiger partial charge < -0.3 is 20.1 Å². The zero-order valence-electron chi connectivity index (χ0n) is 14.6. The van der Waals surface area contributed by atoms with Gasteiger partial charge in [0.05, 0.1) is 13.7 Å². The van der Waals surface area contributed by atoms with Crippen molar-refractivity contribution in [1.82, 2.24) is 10.6 Å². The fraction of sp³-hybridized carbons (Fsp3) is 0.588. The molecule has 1 aliphatic heterocycles. The molecule has 1 saturated heterocycles. The lowest BCUT2D eigenvalue weighted by molar-refractivity contribution is 0.213. The summed E-state index contributed by atoms with van der Waals surface area (Å²) >= 11 is 2.04. The normalized spacial score (nSPS) is 18.5. The predicted molar refractivity (Wildman–Crippen MR) is 113 cm³/mol. The van der Waals surface area contributed by atoms with Crippen molar-refractivity contribution in [1.29, 1.82) is 0 Å². The molecule has 2 N–H and O–H groups in total. The number of rotatable bonds is 7. The third kappa shape index (κ3) is 6.96. The molecule has 0 bridgehead atoms. The van der Waals surface area contributed by atoms with Crippen LogP contribution in [0.1, 0.15) is 19.8 Å². The number of halogens is 1. The van der Waals surface area contributed by atoms with Crippen molar-refractivity contribution < 1.29 is 9.47 Å². The monoisotopic (exact) mass is 465 g/mol. The minimum Gasteiger partial charge on any atom is -0.493 e. The van der Waals surface area contributed by atoms with Crippen LogP contribution >= 0.6 is 35.7 Å². The van der Waals surface area contributed by atoms with Gasteiger partial charge in [-0.2, -0.15) is 11.8 Å². The van der Waals surface area contributed by atoms with Crippen LogP contribution < -0.4 is 20.1 Å². The number of guanidine groups is 1. The molecular formula is C17H28IN3O2S. The highest BCUT2D eigenvalue weighted by Gasteiger charge is 2.16. The van der Waals surface area contributed by atoms with Gasteiger partial charge in [0, 0.05) is 18.8 Å². The van der Waals surface area contributed by atoms with Gasteiger partial charge in [0.15, 0.2) is 17.5 Å². The number of methoxy groups -OCH3 is 1. The highest BCUT2D eigenvalue weighted by molar-refractivity contribution is 14.0. The van der Waals surface area contributed by atoms with Gasteiger partial charge in [0.2, 0.25) is 0 Å². The second-order valence-electron chi connectivity index (χ2n) is 5.55. The second kappa shape index (κ2) is 11.7. The van der Waals surface area contributed by atoms with E-state index in [1.54, 1.807) is 14.2 Å². The second-order valence-corrected chi connectivity index (χ2v) is 6.96. The van der Waals surface area contributed by atoms with E-state index in [0.29, 0.717) is 11.8 Å². The topological polar surface area (TPSA) is 54.9 Å². The maximum atomic E-state index is 5.93. The summed E-state index contributed by atoms with van der Waals surface area (Å²) in [5, 5.41) is 7.41. The molecule has 2 atom stereocenters. The number of hydrogen-bond donors (Lipinski definition) is 2. The largest absolute Gasteiger partial charge is 0.493 e. The van der Waals surface area contributed by atoms with Crippen LogP contribution in [0.4, 0.5) is 0 Å². The third-order valence-electron chi connectivity index (χ3n) is 3.70. The molecule has 0 aromatic heterocycles. The van der Waals surface area contributed by atoms with Crippen LogP contribution in [0, 0.1) is 0 Å². The Kier molecular flexibility index (Phi) is 10.3. The van der Waals surface area contributed by atoms with Gasteiger partial charge in [-0.25, -0.2) is 0 Å². The molecule has 0 spiro atoms. The van der Waals surface area contributed by atoms with E-state index < -0.39 is 0 Å². The molecule has 1 aliphatic rings. The average molecular weight is 465 g/mol. The maximum absolute atomic E-state index is 5.93. The summed E-state index contributed by atoms with van der Waals surface area (Å²) in [5.41, 5.74) is 0. The summed E-state index contributed by atoms with van der Waals surface area (Å²) < 4.78 is 11.2. The van der Waals surface area contributed by atoms with Crippen LogP contribution in [0.3, 0.4) is 0 Å². The highest BCUT2D eigenvalue weighted by Crippen LogP contribution is 2.26. The van der Waals surface area contributed by atoms with Crippen LogP contribution in [0.15, 0.2) is 29.3 Å². The molecule has 0 saturated carbocycles. The Morgan fingerprint density at radius 1 is 1.33 bits per heavy atom. The highest BCUT2D eigenvalue weighted by atomic mass is 127. The molecule has 2 rings (SSSR count). The van der Waals surface area contributed by atoms with Crippen LogP contribution in [-0.2, 0) is 0 Å². The van der Waals surface area contributed by atoms with Gasteiger partial charge in [-0.1, -0.05) is 12.1 Å². The van der Waals surface area contributed by atoms with Gasteiger partial charge in [-0.05, 0) is 37.7 Å². The van der Waals surface area contributed by atoms with Crippen molar-refractivity contribution in [2.45, 2.75) is 31.1 Å². The van der Waals surface area contributed by atoms with Crippen molar-refractivity contribution in [2.75, 3.05) is 33.0 Å². The van der Waals surface area contributed by atoms with Gasteiger partial charge in [0.1, 0.15) is 6.10 Å². The number of hydrogen-bond acceptors (Lipinski definition) is 4. The number of thioether (sulfide) groups is 1. The Morgan fingerprint density at radius 2 is 2.08 bits per heavy atom. The molecule has 1 aromatic carbocycles. The summed E-state index contributed by atoms with van der Waals surface area (Å²) in [6, 6.07) is 7.69. The van der Waals surface area contributed by atoms with E-state index in [0.717, 1.165) is 24.0 Å². The van der Waals surface area contributed by atoms with E-state index in [2.05, 4.69) is 15.6 Å². The first kappa shape index (κ1) is 21.2. The lowest BCUT2D eigenvalue weighted by Gasteiger charge is -2.19. The SMILES string of the molecule is CN=C(NCC(C)Oc1ccccc1OC)NCC1CCCS1.I. The number of aliphatic imine (C=N–C) groups is 1. The fourth-order valence-electron chi connectivity index (χ4n) is 2.45. The molecule has 1 heterocycles. The first-order chi connectivity index (χ1) is 11.2. The Balaban J connectivity index is 0.00000288. The van der Waals surface area contributed by atoms with E-state index >= 15 is 0 Å². The molecule has 136 valence electrons. The number of nitrogens with zero attached hydrogens (tertiary/aromatic N) is 1. The predicted octanol–water partition coefficient (Wildman–Crippen LogP) is 3.14. The minimum absolute atomic E-state index is 0. The molecule has 5 nitrogen and oxygen atoms in total. The van der Waals surface area contributed by atoms with E-state index in [1.165, 1.54) is 18.6 Å². The molecule has 7 heteroatoms. The van der Waals surface area contributed by atoms with Crippen molar-refractivity contribution in [3.8, 4) is 11.5 Å². The zero-order chi connectivity index (χ0) is 16.5. The Bertz CT molecular complexity index is 510. The Labute approximate surface area is 166 Å². The molecule has 0 amide bonds. The molecule has 0 radical (unpaired) electrons.